The zero-order valence-electron chi connectivity index (χ0n) is 17.7. The molecule has 0 saturated carbocycles. The highest BCUT2D eigenvalue weighted by Crippen LogP contribution is 2.38. The molecule has 1 N–H and O–H groups in total. The van der Waals surface area contributed by atoms with E-state index >= 15 is 0 Å². The van der Waals surface area contributed by atoms with Gasteiger partial charge in [0.2, 0.25) is 10.9 Å². The van der Waals surface area contributed by atoms with Gasteiger partial charge < -0.3 is 19.1 Å². The zero-order chi connectivity index (χ0) is 23.2. The SMILES string of the molecule is C[CH]n1c2cc(=O)c(O)cc2c2c(C(=O)OCC)c(C(=O)OCC)cc3ccc(=O)c1c32. The second-order valence-electron chi connectivity index (χ2n) is 7.09. The molecule has 1 aromatic heterocycles. The molecule has 3 aromatic carbocycles. The van der Waals surface area contributed by atoms with Gasteiger partial charge in [-0.25, -0.2) is 9.59 Å². The van der Waals surface area contributed by atoms with Crippen LogP contribution in [0.5, 0.6) is 5.75 Å². The lowest BCUT2D eigenvalue weighted by molar-refractivity contribution is 0.0481. The van der Waals surface area contributed by atoms with E-state index in [1.54, 1.807) is 37.9 Å². The Hall–Kier alpha value is -3.94. The minimum absolute atomic E-state index is 0.0250. The molecule has 0 aliphatic rings. The van der Waals surface area contributed by atoms with Gasteiger partial charge in [0.15, 0.2) is 5.75 Å². The second-order valence-corrected chi connectivity index (χ2v) is 7.09. The molecule has 0 unspecified atom stereocenters. The van der Waals surface area contributed by atoms with Crippen LogP contribution in [0.3, 0.4) is 0 Å². The van der Waals surface area contributed by atoms with Crippen molar-refractivity contribution in [3.63, 3.8) is 0 Å². The van der Waals surface area contributed by atoms with Crippen LogP contribution in [-0.2, 0) is 9.47 Å². The maximum atomic E-state index is 13.1. The van der Waals surface area contributed by atoms with E-state index in [0.29, 0.717) is 21.7 Å². The molecule has 0 aliphatic carbocycles. The number of benzene rings is 3. The molecule has 0 fully saturated rings. The van der Waals surface area contributed by atoms with Crippen LogP contribution in [0.15, 0.2) is 39.9 Å². The lowest BCUT2D eigenvalue weighted by Gasteiger charge is -2.20. The highest BCUT2D eigenvalue weighted by atomic mass is 16.5. The molecule has 163 valence electrons. The molecule has 1 heterocycles. The quantitative estimate of drug-likeness (QED) is 0.292. The number of nitrogens with zero attached hydrogens (tertiary/aromatic N) is 1. The largest absolute Gasteiger partial charge is 0.504 e. The number of fused-ring (bicyclic) bond motifs is 2. The van der Waals surface area contributed by atoms with Crippen LogP contribution in [0.4, 0.5) is 0 Å². The number of aromatic hydroxyl groups is 1. The van der Waals surface area contributed by atoms with Crippen molar-refractivity contribution in [3.05, 3.63) is 68.5 Å². The van der Waals surface area contributed by atoms with Crippen molar-refractivity contribution in [1.82, 2.24) is 4.57 Å². The number of rotatable bonds is 5. The van der Waals surface area contributed by atoms with Gasteiger partial charge in [0, 0.05) is 22.2 Å². The van der Waals surface area contributed by atoms with Crippen LogP contribution >= 0.6 is 0 Å². The van der Waals surface area contributed by atoms with Crippen molar-refractivity contribution >= 4 is 44.5 Å². The molecule has 8 heteroatoms. The van der Waals surface area contributed by atoms with Crippen molar-refractivity contribution in [2.75, 3.05) is 13.2 Å². The number of pyridine rings is 1. The lowest BCUT2D eigenvalue weighted by Crippen LogP contribution is -2.18. The maximum Gasteiger partial charge on any atom is 0.339 e. The normalized spacial score (nSPS) is 11.3. The van der Waals surface area contributed by atoms with Gasteiger partial charge in [0.05, 0.1) is 41.9 Å². The predicted molar refractivity (Wildman–Crippen MR) is 120 cm³/mol. The fourth-order valence-corrected chi connectivity index (χ4v) is 4.10. The van der Waals surface area contributed by atoms with Gasteiger partial charge in [-0.2, -0.15) is 0 Å². The van der Waals surface area contributed by atoms with Crippen LogP contribution in [0.25, 0.3) is 32.6 Å². The highest BCUT2D eigenvalue weighted by molar-refractivity contribution is 6.28. The second kappa shape index (κ2) is 7.96. The maximum absolute atomic E-state index is 13.1. The fraction of sp³-hybridized carbons (Fsp3) is 0.208. The molecule has 0 amide bonds. The molecule has 1 radical (unpaired) electrons. The summed E-state index contributed by atoms with van der Waals surface area (Å²) in [7, 11) is 0. The average molecular weight is 434 g/mol. The number of carbonyl (C=O) groups is 2. The average Bonchev–Trinajstić information content (AvgIpc) is 2.76. The van der Waals surface area contributed by atoms with E-state index in [0.717, 1.165) is 0 Å². The molecule has 4 rings (SSSR count). The number of hydrogen-bond acceptors (Lipinski definition) is 7. The molecule has 4 aromatic rings. The topological polar surface area (TPSA) is 112 Å². The van der Waals surface area contributed by atoms with Gasteiger partial charge in [-0.3, -0.25) is 9.59 Å². The summed E-state index contributed by atoms with van der Waals surface area (Å²) in [5, 5.41) is 11.7. The van der Waals surface area contributed by atoms with E-state index in [1.807, 2.05) is 0 Å². The smallest absolute Gasteiger partial charge is 0.339 e. The lowest BCUT2D eigenvalue weighted by atomic mass is 9.91. The van der Waals surface area contributed by atoms with E-state index in [2.05, 4.69) is 0 Å². The van der Waals surface area contributed by atoms with E-state index < -0.39 is 23.1 Å². The Morgan fingerprint density at radius 2 is 1.66 bits per heavy atom. The summed E-state index contributed by atoms with van der Waals surface area (Å²) in [5.74, 6) is -2.02. The van der Waals surface area contributed by atoms with Gasteiger partial charge in [0.25, 0.3) is 0 Å². The summed E-state index contributed by atoms with van der Waals surface area (Å²) >= 11 is 0. The van der Waals surface area contributed by atoms with Crippen LogP contribution < -0.4 is 10.9 Å². The van der Waals surface area contributed by atoms with Crippen molar-refractivity contribution in [1.29, 1.82) is 0 Å². The minimum Gasteiger partial charge on any atom is -0.504 e. The van der Waals surface area contributed by atoms with Gasteiger partial charge in [-0.05, 0) is 44.4 Å². The third-order valence-electron chi connectivity index (χ3n) is 5.32. The summed E-state index contributed by atoms with van der Waals surface area (Å²) in [4.78, 5) is 51.0. The van der Waals surface area contributed by atoms with Crippen LogP contribution in [0.1, 0.15) is 41.5 Å². The first-order valence-corrected chi connectivity index (χ1v) is 10.1. The van der Waals surface area contributed by atoms with Crippen molar-refractivity contribution in [2.24, 2.45) is 0 Å². The molecule has 0 spiro atoms. The molecular weight excluding hydrogens is 414 g/mol. The highest BCUT2D eigenvalue weighted by Gasteiger charge is 2.28. The number of ether oxygens (including phenoxy) is 2. The molecule has 0 atom stereocenters. The number of aromatic nitrogens is 1. The summed E-state index contributed by atoms with van der Waals surface area (Å²) in [6, 6.07) is 6.84. The third kappa shape index (κ3) is 3.07. The molecule has 0 saturated heterocycles. The number of esters is 2. The monoisotopic (exact) mass is 434 g/mol. The fourth-order valence-electron chi connectivity index (χ4n) is 4.10. The van der Waals surface area contributed by atoms with Crippen LogP contribution in [-0.4, -0.2) is 34.8 Å². The molecule has 8 nitrogen and oxygen atoms in total. The predicted octanol–water partition coefficient (Wildman–Crippen LogP) is 3.19. The van der Waals surface area contributed by atoms with Crippen LogP contribution in [0.2, 0.25) is 0 Å². The number of phenolic OH excluding ortho intramolecular Hbond substituents is 1. The van der Waals surface area contributed by atoms with Crippen molar-refractivity contribution < 1.29 is 24.2 Å². The first-order chi connectivity index (χ1) is 15.3. The summed E-state index contributed by atoms with van der Waals surface area (Å²) < 4.78 is 11.9. The summed E-state index contributed by atoms with van der Waals surface area (Å²) in [5.41, 5.74) is -0.542. The van der Waals surface area contributed by atoms with Gasteiger partial charge in [-0.1, -0.05) is 6.07 Å². The van der Waals surface area contributed by atoms with Crippen LogP contribution in [0, 0.1) is 6.54 Å². The Morgan fingerprint density at radius 3 is 2.31 bits per heavy atom. The minimum atomic E-state index is -0.778. The van der Waals surface area contributed by atoms with Gasteiger partial charge in [0.1, 0.15) is 0 Å². The molecule has 0 bridgehead atoms. The Labute approximate surface area is 181 Å². The molecular formula is C24H20NO7. The Balaban J connectivity index is 2.40. The number of hydrogen-bond donors (Lipinski definition) is 1. The van der Waals surface area contributed by atoms with E-state index in [1.165, 1.54) is 24.3 Å². The Bertz CT molecular complexity index is 1520. The number of phenols is 1. The van der Waals surface area contributed by atoms with E-state index in [4.69, 9.17) is 9.47 Å². The summed E-state index contributed by atoms with van der Waals surface area (Å²) in [6.07, 6.45) is 0. The zero-order valence-corrected chi connectivity index (χ0v) is 17.7. The molecule has 32 heavy (non-hydrogen) atoms. The first kappa shape index (κ1) is 21.3. The number of carbonyl (C=O) groups excluding carboxylic acids is 2. The first-order valence-electron chi connectivity index (χ1n) is 10.1. The molecule has 0 aliphatic heterocycles. The standard InChI is InChI=1S/C24H20NO7/c1-4-25-15-11-18(28)17(27)10-13(15)20-19-12(7-8-16(26)22(19)25)9-14(23(29)31-5-2)21(20)24(30)32-6-3/h4,7-11,27H,5-6H2,1-3H3. The third-order valence-corrected chi connectivity index (χ3v) is 5.32. The Kier molecular flexibility index (Phi) is 5.30. The van der Waals surface area contributed by atoms with E-state index in [9.17, 15) is 24.3 Å². The summed E-state index contributed by atoms with van der Waals surface area (Å²) in [6.45, 7) is 6.75. The van der Waals surface area contributed by atoms with Crippen molar-refractivity contribution in [3.8, 4) is 5.75 Å². The van der Waals surface area contributed by atoms with Gasteiger partial charge in [-0.15, -0.1) is 0 Å². The van der Waals surface area contributed by atoms with Crippen molar-refractivity contribution in [2.45, 2.75) is 20.8 Å². The van der Waals surface area contributed by atoms with Gasteiger partial charge >= 0.3 is 11.9 Å². The Morgan fingerprint density at radius 1 is 0.969 bits per heavy atom. The van der Waals surface area contributed by atoms with E-state index in [-0.39, 0.29) is 40.7 Å².